The molecule has 5 N–H and O–H groups in total. The number of Topliss-reactive ketones (excluding diaryl/α,β-unsaturated/α-hetero) is 1. The number of benzene rings is 1. The molecule has 0 aromatic heterocycles. The van der Waals surface area contributed by atoms with E-state index < -0.39 is 46.9 Å². The standard InChI is InChI=1S/C19H25N3O6/c1-10(9-19(2,3)18(27)21-28)15(23)13-8-11-6-4-5-7-12(11)14(17(25)26)22(20)16(13)24/h4-7,10,13-14,28H,8-9,20H2,1-3H3,(H,21,27)(H,25,26)/t10-,13+,14-/m1/s1. The van der Waals surface area contributed by atoms with Gasteiger partial charge in [-0.3, -0.25) is 24.6 Å². The minimum Gasteiger partial charge on any atom is -0.479 e. The van der Waals surface area contributed by atoms with Crippen molar-refractivity contribution in [3.8, 4) is 0 Å². The van der Waals surface area contributed by atoms with Crippen LogP contribution in [-0.4, -0.2) is 38.9 Å². The van der Waals surface area contributed by atoms with Gasteiger partial charge in [0.15, 0.2) is 6.04 Å². The first-order chi connectivity index (χ1) is 13.0. The maximum atomic E-state index is 13.0. The smallest absolute Gasteiger partial charge is 0.332 e. The molecule has 0 fully saturated rings. The second-order valence-electron chi connectivity index (χ2n) is 7.77. The lowest BCUT2D eigenvalue weighted by molar-refractivity contribution is -0.154. The molecular formula is C19H25N3O6. The number of nitrogens with two attached hydrogens (primary N) is 1. The number of hydroxylamine groups is 1. The van der Waals surface area contributed by atoms with Crippen molar-refractivity contribution >= 4 is 23.6 Å². The number of hydrogen-bond acceptors (Lipinski definition) is 6. The highest BCUT2D eigenvalue weighted by molar-refractivity contribution is 6.04. The highest BCUT2D eigenvalue weighted by atomic mass is 16.5. The molecule has 152 valence electrons. The van der Waals surface area contributed by atoms with Gasteiger partial charge in [-0.15, -0.1) is 0 Å². The van der Waals surface area contributed by atoms with Gasteiger partial charge in [0, 0.05) is 11.3 Å². The first kappa shape index (κ1) is 21.5. The highest BCUT2D eigenvalue weighted by Gasteiger charge is 2.43. The maximum absolute atomic E-state index is 13.0. The first-order valence-electron chi connectivity index (χ1n) is 8.88. The third-order valence-electron chi connectivity index (χ3n) is 5.20. The van der Waals surface area contributed by atoms with Gasteiger partial charge in [-0.25, -0.2) is 16.1 Å². The summed E-state index contributed by atoms with van der Waals surface area (Å²) in [4.78, 5) is 49.4. The van der Waals surface area contributed by atoms with Crippen molar-refractivity contribution in [2.45, 2.75) is 39.7 Å². The van der Waals surface area contributed by atoms with Crippen molar-refractivity contribution < 1.29 is 29.5 Å². The number of nitrogens with zero attached hydrogens (tertiary/aromatic N) is 1. The molecule has 28 heavy (non-hydrogen) atoms. The molecule has 3 atom stereocenters. The molecule has 1 aliphatic rings. The molecule has 0 spiro atoms. The van der Waals surface area contributed by atoms with E-state index in [2.05, 4.69) is 0 Å². The Morgan fingerprint density at radius 2 is 1.93 bits per heavy atom. The lowest BCUT2D eigenvalue weighted by atomic mass is 9.77. The molecule has 1 aliphatic heterocycles. The fourth-order valence-corrected chi connectivity index (χ4v) is 3.68. The van der Waals surface area contributed by atoms with Crippen molar-refractivity contribution in [3.05, 3.63) is 35.4 Å². The monoisotopic (exact) mass is 391 g/mol. The largest absolute Gasteiger partial charge is 0.479 e. The molecule has 2 rings (SSSR count). The van der Waals surface area contributed by atoms with Crippen molar-refractivity contribution in [1.29, 1.82) is 0 Å². The molecule has 0 aliphatic carbocycles. The van der Waals surface area contributed by atoms with E-state index in [1.54, 1.807) is 50.5 Å². The van der Waals surface area contributed by atoms with E-state index in [-0.39, 0.29) is 12.8 Å². The Morgan fingerprint density at radius 1 is 1.32 bits per heavy atom. The minimum atomic E-state index is -1.38. The van der Waals surface area contributed by atoms with Crippen LogP contribution in [0.5, 0.6) is 0 Å². The van der Waals surface area contributed by atoms with Crippen molar-refractivity contribution in [2.75, 3.05) is 0 Å². The van der Waals surface area contributed by atoms with Gasteiger partial charge in [-0.05, 0) is 24.0 Å². The molecule has 2 amide bonds. The number of fused-ring (bicyclic) bond motifs is 1. The van der Waals surface area contributed by atoms with Crippen LogP contribution in [0.1, 0.15) is 44.4 Å². The number of carboxylic acids is 1. The van der Waals surface area contributed by atoms with Crippen LogP contribution in [0.25, 0.3) is 0 Å². The number of hydrogen-bond donors (Lipinski definition) is 4. The maximum Gasteiger partial charge on any atom is 0.332 e. The number of hydrazine groups is 1. The number of nitrogens with one attached hydrogen (secondary N) is 1. The summed E-state index contributed by atoms with van der Waals surface area (Å²) in [5.74, 6) is 0.838. The molecule has 1 heterocycles. The molecule has 9 heteroatoms. The van der Waals surface area contributed by atoms with Gasteiger partial charge in [0.1, 0.15) is 11.7 Å². The summed E-state index contributed by atoms with van der Waals surface area (Å²) in [5.41, 5.74) is 1.47. The number of ketones is 1. The zero-order valence-corrected chi connectivity index (χ0v) is 16.0. The van der Waals surface area contributed by atoms with Crippen LogP contribution >= 0.6 is 0 Å². The summed E-state index contributed by atoms with van der Waals surface area (Å²) in [6, 6.07) is 5.22. The van der Waals surface area contributed by atoms with Crippen molar-refractivity contribution in [3.63, 3.8) is 0 Å². The average Bonchev–Trinajstić information content (AvgIpc) is 2.75. The number of rotatable bonds is 6. The molecule has 0 unspecified atom stereocenters. The molecule has 0 saturated carbocycles. The lowest BCUT2D eigenvalue weighted by Gasteiger charge is -2.28. The summed E-state index contributed by atoms with van der Waals surface area (Å²) in [5, 5.41) is 19.0. The van der Waals surface area contributed by atoms with Crippen LogP contribution in [0.3, 0.4) is 0 Å². The fraction of sp³-hybridized carbons (Fsp3) is 0.474. The fourth-order valence-electron chi connectivity index (χ4n) is 3.68. The normalized spacial score (nSPS) is 20.8. The van der Waals surface area contributed by atoms with Gasteiger partial charge < -0.3 is 5.11 Å². The molecule has 1 aromatic carbocycles. The Hall–Kier alpha value is -2.78. The predicted octanol–water partition coefficient (Wildman–Crippen LogP) is 0.814. The van der Waals surface area contributed by atoms with Gasteiger partial charge in [-0.1, -0.05) is 45.0 Å². The summed E-state index contributed by atoms with van der Waals surface area (Å²) >= 11 is 0. The van der Waals surface area contributed by atoms with E-state index in [0.717, 1.165) is 0 Å². The zero-order valence-electron chi connectivity index (χ0n) is 16.0. The topological polar surface area (TPSA) is 150 Å². The van der Waals surface area contributed by atoms with E-state index in [1.807, 2.05) is 0 Å². The molecular weight excluding hydrogens is 366 g/mol. The van der Waals surface area contributed by atoms with Gasteiger partial charge in [0.25, 0.3) is 0 Å². The molecule has 9 nitrogen and oxygen atoms in total. The number of aliphatic carboxylic acids is 1. The van der Waals surface area contributed by atoms with E-state index in [4.69, 9.17) is 11.0 Å². The Kier molecular flexibility index (Phi) is 6.20. The highest BCUT2D eigenvalue weighted by Crippen LogP contribution is 2.33. The average molecular weight is 391 g/mol. The number of amides is 2. The third kappa shape index (κ3) is 4.05. The molecule has 1 aromatic rings. The van der Waals surface area contributed by atoms with Gasteiger partial charge in [0.05, 0.1) is 0 Å². The van der Waals surface area contributed by atoms with Crippen LogP contribution in [0, 0.1) is 17.3 Å². The van der Waals surface area contributed by atoms with Gasteiger partial charge in [0.2, 0.25) is 11.8 Å². The zero-order chi connectivity index (χ0) is 21.2. The van der Waals surface area contributed by atoms with Crippen molar-refractivity contribution in [1.82, 2.24) is 10.5 Å². The lowest BCUT2D eigenvalue weighted by Crippen LogP contribution is -2.48. The third-order valence-corrected chi connectivity index (χ3v) is 5.20. The van der Waals surface area contributed by atoms with Crippen LogP contribution in [-0.2, 0) is 25.6 Å². The van der Waals surface area contributed by atoms with Crippen LogP contribution < -0.4 is 11.3 Å². The Balaban J connectivity index is 2.35. The Labute approximate surface area is 162 Å². The van der Waals surface area contributed by atoms with E-state index >= 15 is 0 Å². The second kappa shape index (κ2) is 8.07. The summed E-state index contributed by atoms with van der Waals surface area (Å²) in [7, 11) is 0. The van der Waals surface area contributed by atoms with Crippen LogP contribution in [0.2, 0.25) is 0 Å². The molecule has 0 radical (unpaired) electrons. The Morgan fingerprint density at radius 3 is 2.50 bits per heavy atom. The quantitative estimate of drug-likeness (QED) is 0.184. The van der Waals surface area contributed by atoms with Crippen molar-refractivity contribution in [2.24, 2.45) is 23.1 Å². The summed E-state index contributed by atoms with van der Waals surface area (Å²) in [6.45, 7) is 4.73. The number of carbonyl (C=O) groups excluding carboxylic acids is 3. The van der Waals surface area contributed by atoms with Gasteiger partial charge in [-0.2, -0.15) is 0 Å². The van der Waals surface area contributed by atoms with Crippen LogP contribution in [0.4, 0.5) is 0 Å². The van der Waals surface area contributed by atoms with E-state index in [1.165, 1.54) is 0 Å². The minimum absolute atomic E-state index is 0.0300. The Bertz CT molecular complexity index is 807. The van der Waals surface area contributed by atoms with E-state index in [9.17, 15) is 24.3 Å². The first-order valence-corrected chi connectivity index (χ1v) is 8.88. The molecule has 0 saturated heterocycles. The van der Waals surface area contributed by atoms with Gasteiger partial charge >= 0.3 is 5.97 Å². The number of carboxylic acid groups (broad SMARTS) is 1. The van der Waals surface area contributed by atoms with E-state index in [0.29, 0.717) is 16.1 Å². The second-order valence-corrected chi connectivity index (χ2v) is 7.77. The summed E-state index contributed by atoms with van der Waals surface area (Å²) < 4.78 is 0. The predicted molar refractivity (Wildman–Crippen MR) is 97.5 cm³/mol. The SMILES string of the molecule is C[C@H](CC(C)(C)C(=O)NO)C(=O)[C@@H]1Cc2ccccc2[C@H](C(=O)O)N(N)C1=O. The number of carbonyl (C=O) groups is 4. The molecule has 0 bridgehead atoms. The van der Waals surface area contributed by atoms with Crippen LogP contribution in [0.15, 0.2) is 24.3 Å². The summed E-state index contributed by atoms with van der Waals surface area (Å²) in [6.07, 6.45) is 0.124.